The number of hydrogen-bond donors (Lipinski definition) is 1. The highest BCUT2D eigenvalue weighted by molar-refractivity contribution is 6.33. The number of amides is 10. The van der Waals surface area contributed by atoms with Crippen LogP contribution in [0.4, 0.5) is 0 Å². The Morgan fingerprint density at radius 1 is 0.323 bits per heavy atom. The van der Waals surface area contributed by atoms with Gasteiger partial charge in [0.25, 0.3) is 59.1 Å². The Balaban J connectivity index is 0.000000169. The van der Waals surface area contributed by atoms with Crippen molar-refractivity contribution in [1.82, 2.24) is 29.4 Å². The van der Waals surface area contributed by atoms with Crippen LogP contribution in [0.3, 0.4) is 0 Å². The van der Waals surface area contributed by atoms with E-state index in [0.29, 0.717) is 136 Å². The molecule has 0 spiro atoms. The van der Waals surface area contributed by atoms with Gasteiger partial charge < -0.3 is 45.9 Å². The maximum atomic E-state index is 12.9. The summed E-state index contributed by atoms with van der Waals surface area (Å²) < 4.78 is 29.0. The molecule has 682 valence electrons. The molecule has 1 unspecified atom stereocenters. The summed E-state index contributed by atoms with van der Waals surface area (Å²) >= 11 is 30.3. The Bertz CT molecular complexity index is 5780. The molecule has 1 atom stereocenters. The molecule has 130 heavy (non-hydrogen) atoms. The molecule has 28 heteroatoms. The summed E-state index contributed by atoms with van der Waals surface area (Å²) in [6.07, 6.45) is 6.87. The van der Waals surface area contributed by atoms with E-state index >= 15 is 0 Å². The van der Waals surface area contributed by atoms with Crippen molar-refractivity contribution < 1.29 is 88.9 Å². The van der Waals surface area contributed by atoms with Gasteiger partial charge in [0.05, 0.1) is 122 Å². The second kappa shape index (κ2) is 46.4. The number of nitrogens with one attached hydrogen (secondary N) is 1. The molecule has 0 saturated carbocycles. The fourth-order valence-electron chi connectivity index (χ4n) is 15.0. The van der Waals surface area contributed by atoms with Crippen molar-refractivity contribution in [2.75, 3.05) is 67.7 Å². The molecule has 0 aromatic heterocycles. The van der Waals surface area contributed by atoms with E-state index in [1.165, 1.54) is 29.4 Å². The molecule has 22 nitrogen and oxygen atoms in total. The summed E-state index contributed by atoms with van der Waals surface area (Å²) in [5.74, 6) is -0.603. The van der Waals surface area contributed by atoms with E-state index in [2.05, 4.69) is 20.8 Å². The smallest absolute Gasteiger partial charge is 0.265 e. The number of fused-ring (bicyclic) bond motifs is 5. The average Bonchev–Trinajstić information content (AvgIpc) is 1.64. The highest BCUT2D eigenvalue weighted by Gasteiger charge is 2.43. The molecule has 5 aliphatic rings. The van der Waals surface area contributed by atoms with Crippen molar-refractivity contribution in [3.05, 3.63) is 318 Å². The lowest BCUT2D eigenvalue weighted by atomic mass is 10.1. The van der Waals surface area contributed by atoms with Crippen molar-refractivity contribution in [1.29, 1.82) is 0 Å². The summed E-state index contributed by atoms with van der Waals surface area (Å²) in [6, 6.07) is 53.4. The number of aryl methyl sites for hydroxylation is 5. The Morgan fingerprint density at radius 3 is 0.831 bits per heavy atom. The molecule has 0 aliphatic carbocycles. The van der Waals surface area contributed by atoms with Crippen LogP contribution in [0.25, 0.3) is 0 Å². The Labute approximate surface area is 790 Å². The van der Waals surface area contributed by atoms with E-state index < -0.39 is 0 Å². The van der Waals surface area contributed by atoms with E-state index in [4.69, 9.17) is 81.7 Å². The standard InChI is InChI=1S/2C21H22ClNO3.2C20H21ClN2O3.C20H20ClNO3.ClH/c1-4-6-14(3)26-18-8-5-7-16-19(18)21(25)23(20(16)24)12-15-9-10-17(22)13(2)11-15;1-3-4-5-11-26-18-8-6-7-16-19(18)21(25)23(20(16)24)13-15-9-10-17(22)14(2)12-15;2*1-13-11-14(7-8-16(13)21)12-23-19(24)15-5-4-6-17(18(15)20(23)25)26-10-9-22(2)3;1-3-4-10-25-17-7-5-6-15-18(17)20(24)22(19(15)23)12-14-8-9-16(21)13(2)11-14;/h5,7-11,14H,4,6,12H2,1-3H3;6-10,12H,3-5,11,13H2,1-2H3;2*4-8,11H,9-10,12H2,1-3H3;5-9,11H,3-4,10,12H2,1-2H3;1H. The molecule has 10 aromatic rings. The van der Waals surface area contributed by atoms with Crippen LogP contribution < -0.4 is 41.0 Å². The van der Waals surface area contributed by atoms with Gasteiger partial charge in [0.1, 0.15) is 48.5 Å². The first-order valence-electron chi connectivity index (χ1n) is 43.1. The summed E-state index contributed by atoms with van der Waals surface area (Å²) in [5, 5.41) is 3.32. The highest BCUT2D eigenvalue weighted by atomic mass is 35.5. The maximum Gasteiger partial charge on any atom is 0.265 e. The van der Waals surface area contributed by atoms with Crippen LogP contribution in [0.5, 0.6) is 28.7 Å². The number of carbonyl (C=O) groups is 10. The van der Waals surface area contributed by atoms with Crippen LogP contribution in [0.2, 0.25) is 25.1 Å². The number of imide groups is 5. The number of quaternary nitrogens is 1. The SMILES string of the molecule is CCCC(C)Oc1cccc2c1C(=O)N(Cc1ccc(Cl)c(C)c1)C2=O.CCCCCOc1cccc2c1C(=O)N(Cc1ccc(Cl)c(C)c1)C2=O.CCCCOc1cccc2c1C(=O)N(Cc1ccc(Cl)c(C)c1)C2=O.Cc1cc(CN2C(=O)c3cccc(OCCN(C)C)c3C2=O)ccc1Cl.Cc1cc(CN2C(=O)c3cccc(OCC[NH+](C)C)c3C2=O)ccc1Cl.[Cl-]. The predicted octanol–water partition coefficient (Wildman–Crippen LogP) is 17.0. The minimum atomic E-state index is -0.321. The van der Waals surface area contributed by atoms with Gasteiger partial charge in [-0.1, -0.05) is 195 Å². The average molecular weight is 1880 g/mol. The molecule has 0 fully saturated rings. The fraction of sp³-hybridized carbons (Fsp3) is 0.314. The lowest BCUT2D eigenvalue weighted by Crippen LogP contribution is -3.06. The third kappa shape index (κ3) is 24.2. The number of rotatable bonds is 31. The van der Waals surface area contributed by atoms with Gasteiger partial charge >= 0.3 is 0 Å². The van der Waals surface area contributed by atoms with Crippen LogP contribution in [0, 0.1) is 34.6 Å². The predicted molar refractivity (Wildman–Crippen MR) is 502 cm³/mol. The van der Waals surface area contributed by atoms with Crippen molar-refractivity contribution >= 4 is 117 Å². The summed E-state index contributed by atoms with van der Waals surface area (Å²) in [5.41, 5.74) is 12.7. The minimum absolute atomic E-state index is 0. The van der Waals surface area contributed by atoms with Crippen LogP contribution in [-0.2, 0) is 32.7 Å². The van der Waals surface area contributed by atoms with Gasteiger partial charge in [0.15, 0.2) is 0 Å². The highest BCUT2D eigenvalue weighted by Crippen LogP contribution is 2.39. The van der Waals surface area contributed by atoms with Crippen molar-refractivity contribution in [2.24, 2.45) is 0 Å². The normalized spacial score (nSPS) is 13.5. The molecule has 10 amide bonds. The summed E-state index contributed by atoms with van der Waals surface area (Å²) in [7, 11) is 7.96. The number of carbonyl (C=O) groups excluding carboxylic acids is 10. The summed E-state index contributed by atoms with van der Waals surface area (Å²) in [6.45, 7) is 22.3. The second-order valence-electron chi connectivity index (χ2n) is 32.7. The van der Waals surface area contributed by atoms with E-state index in [0.717, 1.165) is 114 Å². The number of unbranched alkanes of at least 4 members (excludes halogenated alkanes) is 3. The molecule has 0 bridgehead atoms. The van der Waals surface area contributed by atoms with Crippen LogP contribution in [-0.4, -0.2) is 162 Å². The van der Waals surface area contributed by atoms with Crippen LogP contribution in [0.1, 0.15) is 232 Å². The second-order valence-corrected chi connectivity index (χ2v) is 34.8. The number of ether oxygens (including phenoxy) is 5. The lowest BCUT2D eigenvalue weighted by molar-refractivity contribution is -0.858. The molecule has 15 rings (SSSR count). The van der Waals surface area contributed by atoms with E-state index in [9.17, 15) is 47.9 Å². The van der Waals surface area contributed by atoms with Gasteiger partial charge in [-0.05, 0) is 222 Å². The molecular formula is C102H107Cl6N7O15. The number of halogens is 6. The van der Waals surface area contributed by atoms with Gasteiger partial charge in [-0.15, -0.1) is 0 Å². The first-order chi connectivity index (χ1) is 61.7. The first kappa shape index (κ1) is 101. The maximum absolute atomic E-state index is 12.9. The molecule has 0 radical (unpaired) electrons. The monoisotopic (exact) mass is 1880 g/mol. The van der Waals surface area contributed by atoms with Gasteiger partial charge in [-0.3, -0.25) is 72.4 Å². The quantitative estimate of drug-likeness (QED) is 0.0314. The van der Waals surface area contributed by atoms with Crippen molar-refractivity contribution in [3.8, 4) is 28.7 Å². The number of hydrogen-bond acceptors (Lipinski definition) is 16. The third-order valence-corrected chi connectivity index (χ3v) is 24.2. The molecular weight excluding hydrogens is 1780 g/mol. The molecule has 5 heterocycles. The largest absolute Gasteiger partial charge is 1.00 e. The van der Waals surface area contributed by atoms with Gasteiger partial charge in [-0.2, -0.15) is 0 Å². The molecule has 1 N–H and O–H groups in total. The van der Waals surface area contributed by atoms with Crippen molar-refractivity contribution in [3.63, 3.8) is 0 Å². The third-order valence-electron chi connectivity index (χ3n) is 22.1. The Morgan fingerprint density at radius 2 is 0.577 bits per heavy atom. The van der Waals surface area contributed by atoms with Gasteiger partial charge in [0, 0.05) is 31.7 Å². The fourth-order valence-corrected chi connectivity index (χ4v) is 15.6. The number of nitrogens with zero attached hydrogens (tertiary/aromatic N) is 6. The number of likely N-dealkylation sites (N-methyl/N-ethyl adjacent to an activating group) is 2. The molecule has 0 saturated heterocycles. The Kier molecular flexibility index (Phi) is 35.9. The zero-order valence-corrected chi connectivity index (χ0v) is 79.7. The zero-order chi connectivity index (χ0) is 93.2. The van der Waals surface area contributed by atoms with Gasteiger partial charge in [0.2, 0.25) is 0 Å². The topological polar surface area (TPSA) is 241 Å². The molecule has 5 aliphatic heterocycles. The Hall–Kier alpha value is -11.4. The first-order valence-corrected chi connectivity index (χ1v) is 45.0. The lowest BCUT2D eigenvalue weighted by Gasteiger charge is -2.16. The minimum Gasteiger partial charge on any atom is -1.00 e. The van der Waals surface area contributed by atoms with Crippen LogP contribution >= 0.6 is 58.0 Å². The zero-order valence-electron chi connectivity index (χ0n) is 75.2. The van der Waals surface area contributed by atoms with E-state index in [1.54, 1.807) is 121 Å². The van der Waals surface area contributed by atoms with E-state index in [1.807, 2.05) is 135 Å². The number of benzene rings is 10. The van der Waals surface area contributed by atoms with E-state index in [-0.39, 0.29) is 110 Å². The molecule has 10 aromatic carbocycles. The van der Waals surface area contributed by atoms with Crippen molar-refractivity contribution in [2.45, 2.75) is 146 Å². The summed E-state index contributed by atoms with van der Waals surface area (Å²) in [4.78, 5) is 137. The van der Waals surface area contributed by atoms with Crippen LogP contribution in [0.15, 0.2) is 182 Å². The van der Waals surface area contributed by atoms with Gasteiger partial charge in [-0.25, -0.2) is 0 Å².